The highest BCUT2D eigenvalue weighted by atomic mass is 32.2. The smallest absolute Gasteiger partial charge is 0.00203 e. The van der Waals surface area contributed by atoms with E-state index in [1.807, 2.05) is 11.8 Å². The summed E-state index contributed by atoms with van der Waals surface area (Å²) in [5.74, 6) is 2.06. The van der Waals surface area contributed by atoms with Crippen LogP contribution in [0.4, 0.5) is 0 Å². The van der Waals surface area contributed by atoms with Crippen LogP contribution in [0.15, 0.2) is 24.3 Å². The lowest BCUT2D eigenvalue weighted by Crippen LogP contribution is -2.21. The lowest BCUT2D eigenvalue weighted by molar-refractivity contribution is 0.457. The molecule has 0 bridgehead atoms. The van der Waals surface area contributed by atoms with Gasteiger partial charge in [-0.3, -0.25) is 0 Å². The highest BCUT2D eigenvalue weighted by Crippen LogP contribution is 2.15. The summed E-state index contributed by atoms with van der Waals surface area (Å²) in [6, 6.07) is 8.97. The second kappa shape index (κ2) is 8.60. The zero-order chi connectivity index (χ0) is 12.5. The number of nitrogens with one attached hydrogen (secondary N) is 1. The van der Waals surface area contributed by atoms with Crippen LogP contribution in [0.5, 0.6) is 0 Å². The largest absolute Gasteiger partial charge is 0.319 e. The van der Waals surface area contributed by atoms with Gasteiger partial charge in [-0.25, -0.2) is 0 Å². The number of hydrogen-bond acceptors (Lipinski definition) is 2. The van der Waals surface area contributed by atoms with Gasteiger partial charge in [0, 0.05) is 0 Å². The number of aryl methyl sites for hydroxylation is 1. The molecule has 0 aliphatic carbocycles. The number of hydrogen-bond donors (Lipinski definition) is 1. The first kappa shape index (κ1) is 14.6. The molecule has 96 valence electrons. The Labute approximate surface area is 110 Å². The van der Waals surface area contributed by atoms with E-state index in [1.54, 1.807) is 0 Å². The van der Waals surface area contributed by atoms with Gasteiger partial charge in [0.15, 0.2) is 0 Å². The van der Waals surface area contributed by atoms with E-state index in [9.17, 15) is 0 Å². The fourth-order valence-corrected chi connectivity index (χ4v) is 2.59. The molecular weight excluding hydrogens is 226 g/mol. The molecule has 0 aliphatic heterocycles. The molecule has 0 saturated carbocycles. The van der Waals surface area contributed by atoms with Crippen molar-refractivity contribution in [2.24, 2.45) is 5.92 Å². The number of benzene rings is 1. The van der Waals surface area contributed by atoms with Crippen molar-refractivity contribution < 1.29 is 0 Å². The molecule has 0 radical (unpaired) electrons. The van der Waals surface area contributed by atoms with Gasteiger partial charge >= 0.3 is 0 Å². The lowest BCUT2D eigenvalue weighted by atomic mass is 9.94. The van der Waals surface area contributed by atoms with E-state index in [0.717, 1.165) is 12.5 Å². The van der Waals surface area contributed by atoms with E-state index in [1.165, 1.54) is 36.1 Å². The van der Waals surface area contributed by atoms with Gasteiger partial charge in [0.25, 0.3) is 0 Å². The van der Waals surface area contributed by atoms with E-state index in [0.29, 0.717) is 0 Å². The Kier molecular flexibility index (Phi) is 7.38. The first-order valence-corrected chi connectivity index (χ1v) is 7.84. The number of rotatable bonds is 8. The van der Waals surface area contributed by atoms with Crippen LogP contribution in [0.25, 0.3) is 0 Å². The van der Waals surface area contributed by atoms with Crippen LogP contribution in [0.1, 0.15) is 24.0 Å². The molecule has 0 spiro atoms. The van der Waals surface area contributed by atoms with Crippen molar-refractivity contribution >= 4 is 11.8 Å². The Bertz CT molecular complexity index is 294. The summed E-state index contributed by atoms with van der Waals surface area (Å²) < 4.78 is 0. The molecule has 17 heavy (non-hydrogen) atoms. The fraction of sp³-hybridized carbons (Fsp3) is 0.600. The van der Waals surface area contributed by atoms with Crippen molar-refractivity contribution in [3.63, 3.8) is 0 Å². The monoisotopic (exact) mass is 251 g/mol. The molecule has 1 unspecified atom stereocenters. The van der Waals surface area contributed by atoms with Crippen LogP contribution in [-0.2, 0) is 6.42 Å². The van der Waals surface area contributed by atoms with Crippen LogP contribution in [0, 0.1) is 12.8 Å². The van der Waals surface area contributed by atoms with Crippen LogP contribution >= 0.6 is 11.8 Å². The van der Waals surface area contributed by atoms with Crippen LogP contribution in [-0.4, -0.2) is 25.6 Å². The zero-order valence-electron chi connectivity index (χ0n) is 11.3. The molecule has 0 saturated heterocycles. The second-order valence-corrected chi connectivity index (χ2v) is 5.73. The third-order valence-electron chi connectivity index (χ3n) is 3.10. The summed E-state index contributed by atoms with van der Waals surface area (Å²) in [7, 11) is 2.05. The average Bonchev–Trinajstić information content (AvgIpc) is 2.32. The highest BCUT2D eigenvalue weighted by molar-refractivity contribution is 7.98. The molecule has 1 aromatic carbocycles. The maximum Gasteiger partial charge on any atom is -0.00203 e. The van der Waals surface area contributed by atoms with Crippen LogP contribution < -0.4 is 5.32 Å². The third-order valence-corrected chi connectivity index (χ3v) is 3.80. The molecule has 1 N–H and O–H groups in total. The zero-order valence-corrected chi connectivity index (χ0v) is 12.1. The van der Waals surface area contributed by atoms with Crippen molar-refractivity contribution in [3.05, 3.63) is 35.4 Å². The van der Waals surface area contributed by atoms with Gasteiger partial charge in [-0.2, -0.15) is 11.8 Å². The van der Waals surface area contributed by atoms with Gasteiger partial charge in [0.1, 0.15) is 0 Å². The standard InChI is InChI=1S/C15H25NS/c1-13-6-8-14(9-7-13)11-15(12-16-2)5-4-10-17-3/h6-9,15-16H,4-5,10-12H2,1-3H3. The van der Waals surface area contributed by atoms with Gasteiger partial charge < -0.3 is 5.32 Å². The minimum atomic E-state index is 0.773. The summed E-state index contributed by atoms with van der Waals surface area (Å²) in [5, 5.41) is 3.32. The molecule has 0 fully saturated rings. The van der Waals surface area contributed by atoms with E-state index in [4.69, 9.17) is 0 Å². The fourth-order valence-electron chi connectivity index (χ4n) is 2.14. The predicted molar refractivity (Wildman–Crippen MR) is 79.9 cm³/mol. The summed E-state index contributed by atoms with van der Waals surface area (Å²) in [6.45, 7) is 3.27. The first-order chi connectivity index (χ1) is 8.26. The van der Waals surface area contributed by atoms with E-state index >= 15 is 0 Å². The molecule has 0 amide bonds. The topological polar surface area (TPSA) is 12.0 Å². The SMILES string of the molecule is CNCC(CCCSC)Cc1ccc(C)cc1. The molecular formula is C15H25NS. The Morgan fingerprint density at radius 2 is 1.94 bits per heavy atom. The van der Waals surface area contributed by atoms with Crippen molar-refractivity contribution in [1.29, 1.82) is 0 Å². The van der Waals surface area contributed by atoms with Gasteiger partial charge in [-0.05, 0) is 63.3 Å². The molecule has 0 heterocycles. The lowest BCUT2D eigenvalue weighted by Gasteiger charge is -2.16. The van der Waals surface area contributed by atoms with Crippen LogP contribution in [0.3, 0.4) is 0 Å². The van der Waals surface area contributed by atoms with Crippen molar-refractivity contribution in [2.45, 2.75) is 26.2 Å². The van der Waals surface area contributed by atoms with E-state index < -0.39 is 0 Å². The van der Waals surface area contributed by atoms with Gasteiger partial charge in [0.05, 0.1) is 0 Å². The Morgan fingerprint density at radius 3 is 2.53 bits per heavy atom. The average molecular weight is 251 g/mol. The maximum atomic E-state index is 3.32. The Morgan fingerprint density at radius 1 is 1.24 bits per heavy atom. The molecule has 1 aromatic rings. The minimum absolute atomic E-state index is 0.773. The van der Waals surface area contributed by atoms with E-state index in [2.05, 4.69) is 49.8 Å². The molecule has 0 aliphatic rings. The van der Waals surface area contributed by atoms with Gasteiger partial charge in [0.2, 0.25) is 0 Å². The highest BCUT2D eigenvalue weighted by Gasteiger charge is 2.08. The van der Waals surface area contributed by atoms with Crippen molar-refractivity contribution in [2.75, 3.05) is 25.6 Å². The summed E-state index contributed by atoms with van der Waals surface area (Å²) in [6.07, 6.45) is 6.05. The Hall–Kier alpha value is -0.470. The van der Waals surface area contributed by atoms with Crippen molar-refractivity contribution in [3.8, 4) is 0 Å². The first-order valence-electron chi connectivity index (χ1n) is 6.45. The maximum absolute atomic E-state index is 3.32. The summed E-state index contributed by atoms with van der Waals surface area (Å²) in [4.78, 5) is 0. The van der Waals surface area contributed by atoms with Crippen molar-refractivity contribution in [1.82, 2.24) is 5.32 Å². The molecule has 0 aromatic heterocycles. The second-order valence-electron chi connectivity index (χ2n) is 4.75. The predicted octanol–water partition coefficient (Wildman–Crippen LogP) is 3.52. The summed E-state index contributed by atoms with van der Waals surface area (Å²) in [5.41, 5.74) is 2.82. The van der Waals surface area contributed by atoms with Gasteiger partial charge in [-0.1, -0.05) is 29.8 Å². The third kappa shape index (κ3) is 6.13. The minimum Gasteiger partial charge on any atom is -0.319 e. The van der Waals surface area contributed by atoms with E-state index in [-0.39, 0.29) is 0 Å². The summed E-state index contributed by atoms with van der Waals surface area (Å²) >= 11 is 1.95. The van der Waals surface area contributed by atoms with Gasteiger partial charge in [-0.15, -0.1) is 0 Å². The quantitative estimate of drug-likeness (QED) is 0.710. The molecule has 1 nitrogen and oxygen atoms in total. The normalized spacial score (nSPS) is 12.6. The molecule has 1 rings (SSSR count). The molecule has 1 atom stereocenters. The molecule has 2 heteroatoms. The Balaban J connectivity index is 2.44. The number of thioether (sulfide) groups is 1. The van der Waals surface area contributed by atoms with Crippen LogP contribution in [0.2, 0.25) is 0 Å².